The van der Waals surface area contributed by atoms with Gasteiger partial charge in [0.2, 0.25) is 0 Å². The van der Waals surface area contributed by atoms with Gasteiger partial charge in [-0.3, -0.25) is 19.4 Å². The lowest BCUT2D eigenvalue weighted by molar-refractivity contribution is 0.0936. The highest BCUT2D eigenvalue weighted by Gasteiger charge is 2.27. The summed E-state index contributed by atoms with van der Waals surface area (Å²) in [5, 5.41) is 4.78. The van der Waals surface area contributed by atoms with Gasteiger partial charge in [-0.15, -0.1) is 0 Å². The van der Waals surface area contributed by atoms with Crippen LogP contribution in [0.25, 0.3) is 11.3 Å². The Morgan fingerprint density at radius 1 is 1.06 bits per heavy atom. The first-order valence-electron chi connectivity index (χ1n) is 9.54. The lowest BCUT2D eigenvalue weighted by atomic mass is 10.1. The summed E-state index contributed by atoms with van der Waals surface area (Å²) in [5.41, 5.74) is 2.78. The Kier molecular flexibility index (Phi) is 4.80. The van der Waals surface area contributed by atoms with Crippen molar-refractivity contribution < 1.29 is 14.3 Å². The van der Waals surface area contributed by atoms with Crippen LogP contribution < -0.4 is 14.4 Å². The summed E-state index contributed by atoms with van der Waals surface area (Å²) in [6.07, 6.45) is 5.30. The smallest absolute Gasteiger partial charge is 0.264 e. The molecule has 5 rings (SSSR count). The number of carbonyl (C=O) groups excluding carboxylic acids is 1. The quantitative estimate of drug-likeness (QED) is 0.457. The van der Waals surface area contributed by atoms with E-state index in [0.29, 0.717) is 33.5 Å². The van der Waals surface area contributed by atoms with Crippen LogP contribution >= 0.6 is 11.6 Å². The third kappa shape index (κ3) is 3.83. The van der Waals surface area contributed by atoms with Crippen molar-refractivity contribution in [3.8, 4) is 28.5 Å². The third-order valence-electron chi connectivity index (χ3n) is 4.88. The van der Waals surface area contributed by atoms with Crippen molar-refractivity contribution in [2.45, 2.75) is 0 Å². The van der Waals surface area contributed by atoms with Gasteiger partial charge in [-0.25, -0.2) is 0 Å². The number of aryl methyl sites for hydroxylation is 1. The predicted octanol–water partition coefficient (Wildman–Crippen LogP) is 4.92. The molecule has 0 fully saturated rings. The van der Waals surface area contributed by atoms with Crippen molar-refractivity contribution in [3.63, 3.8) is 0 Å². The Morgan fingerprint density at radius 2 is 1.87 bits per heavy atom. The van der Waals surface area contributed by atoms with Crippen molar-refractivity contribution in [1.82, 2.24) is 14.8 Å². The SMILES string of the molecule is Cn1cc(-c2cc(Oc3ccc4c(c3)C(=O)N(c3ccc(Cl)cc3)CO4)ccn2)cn1. The number of benzene rings is 2. The summed E-state index contributed by atoms with van der Waals surface area (Å²) in [6.45, 7) is 0.131. The van der Waals surface area contributed by atoms with Crippen molar-refractivity contribution >= 4 is 23.2 Å². The molecule has 8 heteroatoms. The van der Waals surface area contributed by atoms with Gasteiger partial charge in [0.1, 0.15) is 17.2 Å². The molecule has 0 aliphatic carbocycles. The number of amides is 1. The maximum atomic E-state index is 13.1. The van der Waals surface area contributed by atoms with Crippen molar-refractivity contribution in [1.29, 1.82) is 0 Å². The molecule has 0 saturated heterocycles. The molecule has 7 nitrogen and oxygen atoms in total. The van der Waals surface area contributed by atoms with Crippen LogP contribution in [0.3, 0.4) is 0 Å². The summed E-state index contributed by atoms with van der Waals surface area (Å²) in [7, 11) is 1.85. The van der Waals surface area contributed by atoms with Gasteiger partial charge in [0.15, 0.2) is 6.73 Å². The van der Waals surface area contributed by atoms with Gasteiger partial charge in [0.05, 0.1) is 17.5 Å². The van der Waals surface area contributed by atoms with E-state index >= 15 is 0 Å². The topological polar surface area (TPSA) is 69.5 Å². The number of hydrogen-bond acceptors (Lipinski definition) is 5. The normalized spacial score (nSPS) is 13.0. The summed E-state index contributed by atoms with van der Waals surface area (Å²) in [4.78, 5) is 19.0. The first kappa shape index (κ1) is 19.1. The number of anilines is 1. The molecule has 1 aliphatic rings. The standard InChI is InChI=1S/C23H17ClN4O3/c1-27-13-15(12-26-27)21-11-19(8-9-25-21)31-18-6-7-22-20(10-18)23(29)28(14-30-22)17-4-2-16(24)3-5-17/h2-13H,14H2,1H3. The average Bonchev–Trinajstić information content (AvgIpc) is 3.22. The van der Waals surface area contributed by atoms with Crippen LogP contribution in [-0.4, -0.2) is 27.4 Å². The van der Waals surface area contributed by atoms with E-state index in [1.54, 1.807) is 70.5 Å². The van der Waals surface area contributed by atoms with E-state index in [1.807, 2.05) is 19.3 Å². The van der Waals surface area contributed by atoms with Crippen LogP contribution in [0.1, 0.15) is 10.4 Å². The van der Waals surface area contributed by atoms with Gasteiger partial charge < -0.3 is 9.47 Å². The minimum atomic E-state index is -0.167. The molecule has 0 atom stereocenters. The molecule has 0 N–H and O–H groups in total. The molecule has 154 valence electrons. The predicted molar refractivity (Wildman–Crippen MR) is 117 cm³/mol. The first-order chi connectivity index (χ1) is 15.1. The van der Waals surface area contributed by atoms with Gasteiger partial charge >= 0.3 is 0 Å². The molecule has 1 amide bonds. The number of pyridine rings is 1. The maximum Gasteiger partial charge on any atom is 0.264 e. The highest BCUT2D eigenvalue weighted by atomic mass is 35.5. The zero-order chi connectivity index (χ0) is 21.4. The molecule has 0 bridgehead atoms. The van der Waals surface area contributed by atoms with Crippen LogP contribution in [-0.2, 0) is 7.05 Å². The van der Waals surface area contributed by atoms with E-state index < -0.39 is 0 Å². The molecule has 2 aromatic heterocycles. The zero-order valence-electron chi connectivity index (χ0n) is 16.5. The van der Waals surface area contributed by atoms with Crippen LogP contribution in [0, 0.1) is 0 Å². The van der Waals surface area contributed by atoms with Crippen molar-refractivity contribution in [2.75, 3.05) is 11.6 Å². The summed E-state index contributed by atoms with van der Waals surface area (Å²) in [5.74, 6) is 1.48. The van der Waals surface area contributed by atoms with E-state index in [-0.39, 0.29) is 12.6 Å². The van der Waals surface area contributed by atoms with E-state index in [0.717, 1.165) is 11.3 Å². The summed E-state index contributed by atoms with van der Waals surface area (Å²) in [6, 6.07) is 15.8. The molecule has 0 saturated carbocycles. The Labute approximate surface area is 183 Å². The van der Waals surface area contributed by atoms with Crippen LogP contribution in [0.5, 0.6) is 17.2 Å². The number of aromatic nitrogens is 3. The highest BCUT2D eigenvalue weighted by molar-refractivity contribution is 6.30. The minimum absolute atomic E-state index is 0.131. The van der Waals surface area contributed by atoms with E-state index in [1.165, 1.54) is 0 Å². The molecular formula is C23H17ClN4O3. The summed E-state index contributed by atoms with van der Waals surface area (Å²) < 4.78 is 13.5. The fourth-order valence-corrected chi connectivity index (χ4v) is 3.46. The number of halogens is 1. The van der Waals surface area contributed by atoms with Gasteiger partial charge in [0, 0.05) is 41.8 Å². The number of rotatable bonds is 4. The van der Waals surface area contributed by atoms with E-state index in [2.05, 4.69) is 10.1 Å². The Hall–Kier alpha value is -3.84. The monoisotopic (exact) mass is 432 g/mol. The molecule has 4 aromatic rings. The molecule has 1 aliphatic heterocycles. The molecule has 2 aromatic carbocycles. The second kappa shape index (κ2) is 7.77. The zero-order valence-corrected chi connectivity index (χ0v) is 17.3. The second-order valence-electron chi connectivity index (χ2n) is 7.02. The lowest BCUT2D eigenvalue weighted by Crippen LogP contribution is -2.38. The van der Waals surface area contributed by atoms with Crippen LogP contribution in [0.4, 0.5) is 5.69 Å². The number of ether oxygens (including phenoxy) is 2. The second-order valence-corrected chi connectivity index (χ2v) is 7.46. The van der Waals surface area contributed by atoms with Crippen molar-refractivity contribution in [2.24, 2.45) is 7.05 Å². The number of hydrogen-bond donors (Lipinski definition) is 0. The first-order valence-corrected chi connectivity index (χ1v) is 9.92. The van der Waals surface area contributed by atoms with Crippen LogP contribution in [0.15, 0.2) is 73.2 Å². The molecule has 0 radical (unpaired) electrons. The Bertz CT molecular complexity index is 1270. The summed E-state index contributed by atoms with van der Waals surface area (Å²) >= 11 is 5.96. The highest BCUT2D eigenvalue weighted by Crippen LogP contribution is 2.33. The van der Waals surface area contributed by atoms with Crippen LogP contribution in [0.2, 0.25) is 5.02 Å². The number of carbonyl (C=O) groups is 1. The van der Waals surface area contributed by atoms with Gasteiger partial charge in [-0.1, -0.05) is 11.6 Å². The number of nitrogens with zero attached hydrogens (tertiary/aromatic N) is 4. The fraction of sp³-hybridized carbons (Fsp3) is 0.0870. The average molecular weight is 433 g/mol. The molecule has 0 spiro atoms. The third-order valence-corrected chi connectivity index (χ3v) is 5.13. The number of fused-ring (bicyclic) bond motifs is 1. The minimum Gasteiger partial charge on any atom is -0.472 e. The molecule has 0 unspecified atom stereocenters. The molecule has 3 heterocycles. The maximum absolute atomic E-state index is 13.1. The Morgan fingerprint density at radius 3 is 2.65 bits per heavy atom. The molecule has 31 heavy (non-hydrogen) atoms. The lowest BCUT2D eigenvalue weighted by Gasteiger charge is -2.29. The van der Waals surface area contributed by atoms with Gasteiger partial charge in [-0.05, 0) is 48.5 Å². The van der Waals surface area contributed by atoms with E-state index in [9.17, 15) is 4.79 Å². The van der Waals surface area contributed by atoms with Crippen molar-refractivity contribution in [3.05, 3.63) is 83.8 Å². The fourth-order valence-electron chi connectivity index (χ4n) is 3.34. The van der Waals surface area contributed by atoms with Gasteiger partial charge in [0.25, 0.3) is 5.91 Å². The Balaban J connectivity index is 1.41. The van der Waals surface area contributed by atoms with Gasteiger partial charge in [-0.2, -0.15) is 5.10 Å². The largest absolute Gasteiger partial charge is 0.472 e. The molecular weight excluding hydrogens is 416 g/mol. The van der Waals surface area contributed by atoms with E-state index in [4.69, 9.17) is 21.1 Å².